The lowest BCUT2D eigenvalue weighted by molar-refractivity contribution is -0.126. The average Bonchev–Trinajstić information content (AvgIpc) is 2.62. The zero-order valence-corrected chi connectivity index (χ0v) is 14.0. The first-order chi connectivity index (χ1) is 11.3. The molecule has 1 saturated heterocycles. The Morgan fingerprint density at radius 2 is 1.96 bits per heavy atom. The molecule has 1 aromatic heterocycles. The summed E-state index contributed by atoms with van der Waals surface area (Å²) >= 11 is 0. The second kappa shape index (κ2) is 8.44. The molecule has 0 unspecified atom stereocenters. The van der Waals surface area contributed by atoms with Crippen LogP contribution in [0.4, 0.5) is 0 Å². The molecule has 1 saturated carbocycles. The maximum absolute atomic E-state index is 12.2. The van der Waals surface area contributed by atoms with Crippen LogP contribution in [0.2, 0.25) is 0 Å². The summed E-state index contributed by atoms with van der Waals surface area (Å²) < 4.78 is 0. The minimum absolute atomic E-state index is 0.286. The minimum Gasteiger partial charge on any atom is -0.356 e. The first-order valence-corrected chi connectivity index (χ1v) is 9.20. The van der Waals surface area contributed by atoms with Gasteiger partial charge in [-0.25, -0.2) is 0 Å². The summed E-state index contributed by atoms with van der Waals surface area (Å²) in [6, 6.07) is 4.15. The molecule has 2 aliphatic rings. The van der Waals surface area contributed by atoms with Crippen LogP contribution in [0.5, 0.6) is 0 Å². The summed E-state index contributed by atoms with van der Waals surface area (Å²) in [6.07, 6.45) is 12.1. The van der Waals surface area contributed by atoms with Crippen LogP contribution in [0.1, 0.15) is 50.5 Å². The van der Waals surface area contributed by atoms with Crippen molar-refractivity contribution in [1.82, 2.24) is 15.2 Å². The summed E-state index contributed by atoms with van der Waals surface area (Å²) in [6.45, 7) is 4.11. The first kappa shape index (κ1) is 16.4. The van der Waals surface area contributed by atoms with Crippen molar-refractivity contribution < 1.29 is 4.79 Å². The molecular weight excluding hydrogens is 286 g/mol. The predicted molar refractivity (Wildman–Crippen MR) is 91.8 cm³/mol. The number of rotatable bonds is 5. The molecule has 1 aliphatic carbocycles. The van der Waals surface area contributed by atoms with E-state index in [4.69, 9.17) is 0 Å². The van der Waals surface area contributed by atoms with Crippen molar-refractivity contribution in [3.05, 3.63) is 30.1 Å². The third-order valence-electron chi connectivity index (χ3n) is 5.38. The Hall–Kier alpha value is -1.42. The third kappa shape index (κ3) is 5.03. The van der Waals surface area contributed by atoms with Crippen molar-refractivity contribution in [3.8, 4) is 0 Å². The van der Waals surface area contributed by atoms with Crippen molar-refractivity contribution in [3.63, 3.8) is 0 Å². The van der Waals surface area contributed by atoms with Gasteiger partial charge >= 0.3 is 0 Å². The Kier molecular flexibility index (Phi) is 6.03. The fourth-order valence-electron chi connectivity index (χ4n) is 3.85. The van der Waals surface area contributed by atoms with E-state index in [2.05, 4.69) is 21.3 Å². The van der Waals surface area contributed by atoms with Gasteiger partial charge in [-0.2, -0.15) is 0 Å². The number of carbonyl (C=O) groups is 1. The summed E-state index contributed by atoms with van der Waals surface area (Å²) in [7, 11) is 0. The SMILES string of the molecule is O=C(NCC1CCN(Cc2cccnc2)CC1)C1CCCCC1. The number of carbonyl (C=O) groups excluding carboxylic acids is 1. The second-order valence-corrected chi connectivity index (χ2v) is 7.16. The number of likely N-dealkylation sites (tertiary alicyclic amines) is 1. The van der Waals surface area contributed by atoms with Gasteiger partial charge in [0.15, 0.2) is 0 Å². The zero-order chi connectivity index (χ0) is 15.9. The van der Waals surface area contributed by atoms with Crippen molar-refractivity contribution in [2.45, 2.75) is 51.5 Å². The number of amides is 1. The van der Waals surface area contributed by atoms with Crippen LogP contribution in [-0.4, -0.2) is 35.4 Å². The third-order valence-corrected chi connectivity index (χ3v) is 5.38. The number of nitrogens with one attached hydrogen (secondary N) is 1. The number of hydrogen-bond acceptors (Lipinski definition) is 3. The maximum Gasteiger partial charge on any atom is 0.223 e. The maximum atomic E-state index is 12.2. The Bertz CT molecular complexity index is 477. The molecule has 1 aromatic rings. The molecule has 126 valence electrons. The van der Waals surface area contributed by atoms with E-state index in [1.807, 2.05) is 18.5 Å². The molecule has 0 aromatic carbocycles. The Balaban J connectivity index is 1.35. The molecule has 0 spiro atoms. The Morgan fingerprint density at radius 3 is 2.65 bits per heavy atom. The van der Waals surface area contributed by atoms with E-state index in [-0.39, 0.29) is 5.92 Å². The van der Waals surface area contributed by atoms with Gasteiger partial charge in [-0.05, 0) is 56.3 Å². The van der Waals surface area contributed by atoms with Gasteiger partial charge < -0.3 is 5.32 Å². The minimum atomic E-state index is 0.286. The van der Waals surface area contributed by atoms with Gasteiger partial charge in [0.25, 0.3) is 0 Å². The quantitative estimate of drug-likeness (QED) is 0.908. The van der Waals surface area contributed by atoms with Crippen LogP contribution in [0.15, 0.2) is 24.5 Å². The van der Waals surface area contributed by atoms with E-state index in [1.165, 1.54) is 37.7 Å². The second-order valence-electron chi connectivity index (χ2n) is 7.16. The van der Waals surface area contributed by atoms with Gasteiger partial charge in [-0.3, -0.25) is 14.7 Å². The number of nitrogens with zero attached hydrogens (tertiary/aromatic N) is 2. The number of pyridine rings is 1. The van der Waals surface area contributed by atoms with Crippen molar-refractivity contribution in [1.29, 1.82) is 0 Å². The molecule has 1 N–H and O–H groups in total. The Morgan fingerprint density at radius 1 is 1.17 bits per heavy atom. The van der Waals surface area contributed by atoms with Crippen molar-refractivity contribution in [2.24, 2.45) is 11.8 Å². The van der Waals surface area contributed by atoms with E-state index in [0.717, 1.165) is 39.0 Å². The normalized spacial score (nSPS) is 21.2. The van der Waals surface area contributed by atoms with E-state index in [1.54, 1.807) is 0 Å². The molecule has 2 heterocycles. The predicted octanol–water partition coefficient (Wildman–Crippen LogP) is 2.99. The van der Waals surface area contributed by atoms with Crippen LogP contribution in [-0.2, 0) is 11.3 Å². The lowest BCUT2D eigenvalue weighted by Gasteiger charge is -2.32. The van der Waals surface area contributed by atoms with Crippen LogP contribution in [0.3, 0.4) is 0 Å². The van der Waals surface area contributed by atoms with Crippen LogP contribution >= 0.6 is 0 Å². The number of aromatic nitrogens is 1. The molecule has 0 atom stereocenters. The van der Waals surface area contributed by atoms with Crippen molar-refractivity contribution in [2.75, 3.05) is 19.6 Å². The van der Waals surface area contributed by atoms with Gasteiger partial charge in [0.05, 0.1) is 0 Å². The molecule has 1 aliphatic heterocycles. The molecule has 0 bridgehead atoms. The molecule has 2 fully saturated rings. The number of hydrogen-bond donors (Lipinski definition) is 1. The number of piperidine rings is 1. The molecule has 0 radical (unpaired) electrons. The fraction of sp³-hybridized carbons (Fsp3) is 0.684. The van der Waals surface area contributed by atoms with E-state index < -0.39 is 0 Å². The van der Waals surface area contributed by atoms with Gasteiger partial charge in [0, 0.05) is 31.4 Å². The molecule has 23 heavy (non-hydrogen) atoms. The molecular formula is C19H29N3O. The van der Waals surface area contributed by atoms with E-state index >= 15 is 0 Å². The molecule has 4 nitrogen and oxygen atoms in total. The molecule has 1 amide bonds. The van der Waals surface area contributed by atoms with Crippen LogP contribution < -0.4 is 5.32 Å². The lowest BCUT2D eigenvalue weighted by atomic mass is 9.88. The van der Waals surface area contributed by atoms with Gasteiger partial charge in [0.2, 0.25) is 5.91 Å². The molecule has 4 heteroatoms. The summed E-state index contributed by atoms with van der Waals surface area (Å²) in [4.78, 5) is 18.9. The largest absolute Gasteiger partial charge is 0.356 e. The first-order valence-electron chi connectivity index (χ1n) is 9.20. The highest BCUT2D eigenvalue weighted by Gasteiger charge is 2.23. The van der Waals surface area contributed by atoms with E-state index in [9.17, 15) is 4.79 Å². The smallest absolute Gasteiger partial charge is 0.223 e. The highest BCUT2D eigenvalue weighted by molar-refractivity contribution is 5.78. The topological polar surface area (TPSA) is 45.2 Å². The van der Waals surface area contributed by atoms with Crippen LogP contribution in [0.25, 0.3) is 0 Å². The summed E-state index contributed by atoms with van der Waals surface area (Å²) in [5.74, 6) is 1.24. The van der Waals surface area contributed by atoms with Gasteiger partial charge in [-0.15, -0.1) is 0 Å². The lowest BCUT2D eigenvalue weighted by Crippen LogP contribution is -2.40. The van der Waals surface area contributed by atoms with Gasteiger partial charge in [0.1, 0.15) is 0 Å². The monoisotopic (exact) mass is 315 g/mol. The van der Waals surface area contributed by atoms with Crippen molar-refractivity contribution >= 4 is 5.91 Å². The standard InChI is InChI=1S/C19H29N3O/c23-19(18-6-2-1-3-7-18)21-14-16-8-11-22(12-9-16)15-17-5-4-10-20-13-17/h4-5,10,13,16,18H,1-3,6-9,11-12,14-15H2,(H,21,23). The average molecular weight is 315 g/mol. The van der Waals surface area contributed by atoms with E-state index in [0.29, 0.717) is 11.8 Å². The summed E-state index contributed by atoms with van der Waals surface area (Å²) in [5.41, 5.74) is 1.29. The van der Waals surface area contributed by atoms with Crippen LogP contribution in [0, 0.1) is 11.8 Å². The zero-order valence-electron chi connectivity index (χ0n) is 14.0. The summed E-state index contributed by atoms with van der Waals surface area (Å²) in [5, 5.41) is 3.22. The highest BCUT2D eigenvalue weighted by Crippen LogP contribution is 2.24. The molecule has 3 rings (SSSR count). The van der Waals surface area contributed by atoms with Gasteiger partial charge in [-0.1, -0.05) is 25.3 Å². The highest BCUT2D eigenvalue weighted by atomic mass is 16.1. The Labute approximate surface area is 139 Å². The fourth-order valence-corrected chi connectivity index (χ4v) is 3.85.